The minimum absolute atomic E-state index is 0.0188. The molecule has 6 nitrogen and oxygen atoms in total. The summed E-state index contributed by atoms with van der Waals surface area (Å²) < 4.78 is 11.8. The first kappa shape index (κ1) is 26.3. The van der Waals surface area contributed by atoms with Gasteiger partial charge in [-0.1, -0.05) is 61.3 Å². The van der Waals surface area contributed by atoms with Gasteiger partial charge >= 0.3 is 0 Å². The van der Waals surface area contributed by atoms with E-state index < -0.39 is 17.7 Å². The van der Waals surface area contributed by atoms with E-state index >= 15 is 0 Å². The molecule has 1 unspecified atom stereocenters. The summed E-state index contributed by atoms with van der Waals surface area (Å²) in [7, 11) is 0. The highest BCUT2D eigenvalue weighted by Crippen LogP contribution is 2.43. The van der Waals surface area contributed by atoms with E-state index in [4.69, 9.17) is 21.1 Å². The number of ether oxygens (including phenoxy) is 2. The molecule has 3 aromatic carbocycles. The molecule has 0 saturated carbocycles. The summed E-state index contributed by atoms with van der Waals surface area (Å²) in [6, 6.07) is 20.5. The molecule has 7 heteroatoms. The number of ketones is 1. The first-order valence-corrected chi connectivity index (χ1v) is 12.8. The number of unbranched alkanes of at least 4 members (excludes halogenated alkanes) is 1. The largest absolute Gasteiger partial charge is 0.507 e. The van der Waals surface area contributed by atoms with Crippen molar-refractivity contribution in [3.63, 3.8) is 0 Å². The third kappa shape index (κ3) is 5.81. The molecule has 0 radical (unpaired) electrons. The fraction of sp³-hybridized carbons (Fsp3) is 0.267. The minimum atomic E-state index is -0.820. The highest BCUT2D eigenvalue weighted by Gasteiger charge is 2.46. The van der Waals surface area contributed by atoms with Crippen molar-refractivity contribution in [3.05, 3.63) is 100 Å². The lowest BCUT2D eigenvalue weighted by molar-refractivity contribution is -0.140. The van der Waals surface area contributed by atoms with Crippen LogP contribution < -0.4 is 9.47 Å². The third-order valence-corrected chi connectivity index (χ3v) is 6.44. The van der Waals surface area contributed by atoms with Crippen molar-refractivity contribution in [2.24, 2.45) is 0 Å². The van der Waals surface area contributed by atoms with Crippen molar-refractivity contribution >= 4 is 29.1 Å². The average molecular weight is 520 g/mol. The Labute approximate surface area is 222 Å². The number of hydrogen-bond donors (Lipinski definition) is 1. The van der Waals surface area contributed by atoms with Crippen molar-refractivity contribution in [3.8, 4) is 11.5 Å². The van der Waals surface area contributed by atoms with Gasteiger partial charge in [-0.25, -0.2) is 0 Å². The number of aliphatic hydroxyl groups excluding tert-OH is 1. The lowest BCUT2D eigenvalue weighted by atomic mass is 9.94. The van der Waals surface area contributed by atoms with Crippen molar-refractivity contribution in [2.75, 3.05) is 13.2 Å². The molecule has 1 saturated heterocycles. The predicted octanol–water partition coefficient (Wildman–Crippen LogP) is 6.54. The quantitative estimate of drug-likeness (QED) is 0.142. The van der Waals surface area contributed by atoms with Crippen LogP contribution in [0.4, 0.5) is 0 Å². The molecule has 0 aromatic heterocycles. The Kier molecular flexibility index (Phi) is 8.51. The van der Waals surface area contributed by atoms with E-state index in [9.17, 15) is 14.7 Å². The van der Waals surface area contributed by atoms with Crippen LogP contribution in [-0.2, 0) is 16.1 Å². The summed E-state index contributed by atoms with van der Waals surface area (Å²) >= 11 is 6.02. The molecule has 1 aliphatic heterocycles. The Bertz CT molecular complexity index is 1290. The second-order valence-corrected chi connectivity index (χ2v) is 9.20. The van der Waals surface area contributed by atoms with Crippen LogP contribution in [0.25, 0.3) is 5.76 Å². The zero-order chi connectivity index (χ0) is 26.4. The van der Waals surface area contributed by atoms with Crippen molar-refractivity contribution < 1.29 is 24.2 Å². The molecule has 0 bridgehead atoms. The van der Waals surface area contributed by atoms with Gasteiger partial charge in [0.25, 0.3) is 11.7 Å². The van der Waals surface area contributed by atoms with Crippen LogP contribution in [0.3, 0.4) is 0 Å². The molecule has 1 heterocycles. The fourth-order valence-corrected chi connectivity index (χ4v) is 4.47. The van der Waals surface area contributed by atoms with E-state index in [1.165, 1.54) is 4.90 Å². The SMILES string of the molecule is CCCCOc1ccc(C2C(=C(O)c3ccc(Cl)cc3)C(=O)C(=O)N2Cc2ccccc2)cc1OCC. The lowest BCUT2D eigenvalue weighted by Crippen LogP contribution is -2.29. The Morgan fingerprint density at radius 2 is 1.68 bits per heavy atom. The van der Waals surface area contributed by atoms with Gasteiger partial charge in [0.05, 0.1) is 24.8 Å². The molecule has 1 atom stereocenters. The van der Waals surface area contributed by atoms with Crippen molar-refractivity contribution in [1.29, 1.82) is 0 Å². The average Bonchev–Trinajstić information content (AvgIpc) is 3.15. The van der Waals surface area contributed by atoms with Crippen LogP contribution in [0.2, 0.25) is 5.02 Å². The number of halogens is 1. The van der Waals surface area contributed by atoms with E-state index in [1.807, 2.05) is 43.3 Å². The maximum absolute atomic E-state index is 13.3. The van der Waals surface area contributed by atoms with Crippen molar-refractivity contribution in [1.82, 2.24) is 4.90 Å². The Hall–Kier alpha value is -3.77. The number of nitrogens with zero attached hydrogens (tertiary/aromatic N) is 1. The van der Waals surface area contributed by atoms with Crippen molar-refractivity contribution in [2.45, 2.75) is 39.3 Å². The van der Waals surface area contributed by atoms with Gasteiger partial charge in [0, 0.05) is 17.1 Å². The van der Waals surface area contributed by atoms with Gasteiger partial charge in [-0.05, 0) is 60.9 Å². The fourth-order valence-electron chi connectivity index (χ4n) is 4.34. The highest BCUT2D eigenvalue weighted by atomic mass is 35.5. The van der Waals surface area contributed by atoms with Crippen LogP contribution in [0.1, 0.15) is 49.4 Å². The van der Waals surface area contributed by atoms with Crippen LogP contribution in [-0.4, -0.2) is 34.9 Å². The smallest absolute Gasteiger partial charge is 0.295 e. The van der Waals surface area contributed by atoms with E-state index in [2.05, 4.69) is 6.92 Å². The van der Waals surface area contributed by atoms with Gasteiger partial charge in [-0.15, -0.1) is 0 Å². The number of benzene rings is 3. The second-order valence-electron chi connectivity index (χ2n) is 8.76. The van der Waals surface area contributed by atoms with Gasteiger partial charge in [-0.2, -0.15) is 0 Å². The molecule has 4 rings (SSSR count). The standard InChI is InChI=1S/C30H30ClNO5/c1-3-5-17-37-24-16-13-22(18-25(24)36-4-2)27-26(28(33)21-11-14-23(31)15-12-21)29(34)30(35)32(27)19-20-9-7-6-8-10-20/h6-16,18,27,33H,3-5,17,19H2,1-2H3. The van der Waals surface area contributed by atoms with Crippen LogP contribution in [0.5, 0.6) is 11.5 Å². The van der Waals surface area contributed by atoms with E-state index in [-0.39, 0.29) is 17.9 Å². The Morgan fingerprint density at radius 1 is 0.946 bits per heavy atom. The molecular weight excluding hydrogens is 490 g/mol. The molecule has 3 aromatic rings. The minimum Gasteiger partial charge on any atom is -0.507 e. The number of carbonyl (C=O) groups is 2. The number of amides is 1. The van der Waals surface area contributed by atoms with Crippen LogP contribution in [0, 0.1) is 0 Å². The molecule has 0 spiro atoms. The van der Waals surface area contributed by atoms with E-state index in [0.717, 1.165) is 18.4 Å². The van der Waals surface area contributed by atoms with Gasteiger partial charge in [-0.3, -0.25) is 9.59 Å². The zero-order valence-corrected chi connectivity index (χ0v) is 21.7. The number of rotatable bonds is 10. The number of hydrogen-bond acceptors (Lipinski definition) is 5. The normalized spacial score (nSPS) is 16.7. The Morgan fingerprint density at radius 3 is 2.35 bits per heavy atom. The topological polar surface area (TPSA) is 76.1 Å². The van der Waals surface area contributed by atoms with Gasteiger partial charge in [0.1, 0.15) is 5.76 Å². The number of likely N-dealkylation sites (tertiary alicyclic amines) is 1. The van der Waals surface area contributed by atoms with Crippen LogP contribution in [0.15, 0.2) is 78.4 Å². The molecule has 37 heavy (non-hydrogen) atoms. The molecule has 0 aliphatic carbocycles. The first-order valence-electron chi connectivity index (χ1n) is 12.4. The summed E-state index contributed by atoms with van der Waals surface area (Å²) in [6.45, 7) is 5.14. The summed E-state index contributed by atoms with van der Waals surface area (Å²) in [5, 5.41) is 11.8. The van der Waals surface area contributed by atoms with E-state index in [1.54, 1.807) is 36.4 Å². The third-order valence-electron chi connectivity index (χ3n) is 6.19. The molecule has 1 fully saturated rings. The Balaban J connectivity index is 1.83. The van der Waals surface area contributed by atoms with Gasteiger partial charge < -0.3 is 19.5 Å². The summed E-state index contributed by atoms with van der Waals surface area (Å²) in [6.07, 6.45) is 1.91. The molecule has 1 aliphatic rings. The summed E-state index contributed by atoms with van der Waals surface area (Å²) in [5.74, 6) is -0.554. The van der Waals surface area contributed by atoms with Crippen LogP contribution >= 0.6 is 11.6 Å². The maximum Gasteiger partial charge on any atom is 0.295 e. The maximum atomic E-state index is 13.3. The highest BCUT2D eigenvalue weighted by molar-refractivity contribution is 6.46. The van der Waals surface area contributed by atoms with E-state index in [0.29, 0.717) is 40.9 Å². The monoisotopic (exact) mass is 519 g/mol. The molecule has 1 N–H and O–H groups in total. The molecule has 192 valence electrons. The number of Topliss-reactive ketones (excluding diaryl/α,β-unsaturated/α-hetero) is 1. The molecule has 1 amide bonds. The summed E-state index contributed by atoms with van der Waals surface area (Å²) in [4.78, 5) is 28.1. The number of aliphatic hydroxyl groups is 1. The summed E-state index contributed by atoms with van der Waals surface area (Å²) in [5.41, 5.74) is 1.92. The second kappa shape index (κ2) is 12.0. The van der Waals surface area contributed by atoms with Gasteiger partial charge in [0.2, 0.25) is 0 Å². The predicted molar refractivity (Wildman–Crippen MR) is 144 cm³/mol. The zero-order valence-electron chi connectivity index (χ0n) is 20.9. The lowest BCUT2D eigenvalue weighted by Gasteiger charge is -2.26. The van der Waals surface area contributed by atoms with Gasteiger partial charge in [0.15, 0.2) is 11.5 Å². The molecular formula is C30H30ClNO5. The number of carbonyl (C=O) groups excluding carboxylic acids is 2. The first-order chi connectivity index (χ1) is 17.9.